The highest BCUT2D eigenvalue weighted by atomic mass is 19.4. The van der Waals surface area contributed by atoms with Crippen LogP contribution in [-0.4, -0.2) is 42.9 Å². The van der Waals surface area contributed by atoms with Crippen LogP contribution in [0.5, 0.6) is 11.5 Å². The van der Waals surface area contributed by atoms with Gasteiger partial charge >= 0.3 is 6.18 Å². The second-order valence-electron chi connectivity index (χ2n) is 4.88. The van der Waals surface area contributed by atoms with Gasteiger partial charge in [-0.25, -0.2) is 4.98 Å². The number of nitrogens with one attached hydrogen (secondary N) is 2. The summed E-state index contributed by atoms with van der Waals surface area (Å²) in [5.74, 6) is -0.891. The summed E-state index contributed by atoms with van der Waals surface area (Å²) in [7, 11) is 3.83. The first-order valence-corrected chi connectivity index (χ1v) is 6.52. The molecular formula is C13H13F3N4O3. The largest absolute Gasteiger partial charge is 0.493 e. The minimum absolute atomic E-state index is 0.0858. The van der Waals surface area contributed by atoms with Gasteiger partial charge < -0.3 is 9.47 Å². The molecule has 1 aliphatic rings. The van der Waals surface area contributed by atoms with Crippen LogP contribution >= 0.6 is 0 Å². The normalized spacial score (nSPS) is 20.5. The molecule has 1 aromatic carbocycles. The highest BCUT2D eigenvalue weighted by Crippen LogP contribution is 2.45. The van der Waals surface area contributed by atoms with E-state index in [1.165, 1.54) is 26.4 Å². The molecule has 0 saturated heterocycles. The molecule has 0 aliphatic carbocycles. The number of fused-ring (bicyclic) bond motifs is 3. The Kier molecular flexibility index (Phi) is 3.18. The van der Waals surface area contributed by atoms with E-state index in [4.69, 9.17) is 9.47 Å². The van der Waals surface area contributed by atoms with Gasteiger partial charge in [0.25, 0.3) is 11.6 Å². The van der Waals surface area contributed by atoms with Gasteiger partial charge in [-0.05, 0) is 7.05 Å². The van der Waals surface area contributed by atoms with Gasteiger partial charge in [0.05, 0.1) is 25.3 Å². The van der Waals surface area contributed by atoms with Gasteiger partial charge in [0.1, 0.15) is 0 Å². The van der Waals surface area contributed by atoms with E-state index in [9.17, 15) is 18.0 Å². The maximum absolute atomic E-state index is 13.7. The first kappa shape index (κ1) is 15.4. The summed E-state index contributed by atoms with van der Waals surface area (Å²) in [5.41, 5.74) is -2.61. The standard InChI is InChI=1S/C13H13F3N4O3/c1-17-12(13(14,15)16)10(21)19-11-18-6-4-8(22-2)9(23-3)5-7(6)20(11)12/h4-5,17H,1-3H3,(H,18,19,21). The monoisotopic (exact) mass is 330 g/mol. The summed E-state index contributed by atoms with van der Waals surface area (Å²) in [6, 6.07) is 2.80. The third-order valence-electron chi connectivity index (χ3n) is 3.82. The van der Waals surface area contributed by atoms with Crippen molar-refractivity contribution in [3.63, 3.8) is 0 Å². The zero-order valence-corrected chi connectivity index (χ0v) is 12.4. The van der Waals surface area contributed by atoms with Crippen LogP contribution < -0.4 is 20.1 Å². The number of hydrogen-bond acceptors (Lipinski definition) is 5. The van der Waals surface area contributed by atoms with Crippen LogP contribution in [0.25, 0.3) is 11.0 Å². The lowest BCUT2D eigenvalue weighted by Gasteiger charge is -2.30. The van der Waals surface area contributed by atoms with E-state index < -0.39 is 17.7 Å². The predicted molar refractivity (Wildman–Crippen MR) is 74.6 cm³/mol. The summed E-state index contributed by atoms with van der Waals surface area (Å²) in [6.07, 6.45) is -4.88. The van der Waals surface area contributed by atoms with Crippen molar-refractivity contribution in [1.82, 2.24) is 14.9 Å². The molecule has 124 valence electrons. The van der Waals surface area contributed by atoms with Crippen molar-refractivity contribution >= 4 is 22.9 Å². The van der Waals surface area contributed by atoms with Gasteiger partial charge in [-0.2, -0.15) is 13.2 Å². The molecule has 23 heavy (non-hydrogen) atoms. The molecule has 2 aromatic rings. The Labute approximate surface area is 128 Å². The van der Waals surface area contributed by atoms with E-state index in [0.717, 1.165) is 11.6 Å². The lowest BCUT2D eigenvalue weighted by Crippen LogP contribution is -2.60. The lowest BCUT2D eigenvalue weighted by molar-refractivity contribution is -0.215. The van der Waals surface area contributed by atoms with Crippen LogP contribution in [0.15, 0.2) is 12.1 Å². The highest BCUT2D eigenvalue weighted by molar-refractivity contribution is 6.03. The number of carbonyl (C=O) groups excluding carboxylic acids is 1. The molecule has 2 N–H and O–H groups in total. The lowest BCUT2D eigenvalue weighted by atomic mass is 10.1. The van der Waals surface area contributed by atoms with Gasteiger partial charge in [-0.3, -0.25) is 20.0 Å². The first-order chi connectivity index (χ1) is 10.8. The van der Waals surface area contributed by atoms with Crippen molar-refractivity contribution < 1.29 is 27.4 Å². The number of methoxy groups -OCH3 is 2. The van der Waals surface area contributed by atoms with E-state index in [-0.39, 0.29) is 22.7 Å². The van der Waals surface area contributed by atoms with Crippen LogP contribution in [0.1, 0.15) is 0 Å². The van der Waals surface area contributed by atoms with Gasteiger partial charge in [-0.1, -0.05) is 0 Å². The zero-order chi connectivity index (χ0) is 17.0. The molecule has 10 heteroatoms. The average molecular weight is 330 g/mol. The van der Waals surface area contributed by atoms with E-state index in [2.05, 4.69) is 15.6 Å². The fourth-order valence-electron chi connectivity index (χ4n) is 2.74. The van der Waals surface area contributed by atoms with Crippen molar-refractivity contribution in [2.75, 3.05) is 26.6 Å². The van der Waals surface area contributed by atoms with E-state index in [1.54, 1.807) is 0 Å². The van der Waals surface area contributed by atoms with Gasteiger partial charge in [-0.15, -0.1) is 0 Å². The third kappa shape index (κ3) is 1.81. The minimum Gasteiger partial charge on any atom is -0.493 e. The van der Waals surface area contributed by atoms with E-state index in [0.29, 0.717) is 5.75 Å². The number of amides is 1. The number of hydrogen-bond donors (Lipinski definition) is 2. The number of aromatic nitrogens is 2. The molecule has 1 amide bonds. The molecule has 1 unspecified atom stereocenters. The summed E-state index contributed by atoms with van der Waals surface area (Å²) in [4.78, 5) is 16.0. The van der Waals surface area contributed by atoms with E-state index >= 15 is 0 Å². The molecule has 0 fully saturated rings. The Bertz CT molecular complexity index is 802. The summed E-state index contributed by atoms with van der Waals surface area (Å²) >= 11 is 0. The fourth-order valence-corrected chi connectivity index (χ4v) is 2.74. The van der Waals surface area contributed by atoms with Crippen molar-refractivity contribution in [2.45, 2.75) is 11.8 Å². The third-order valence-corrected chi connectivity index (χ3v) is 3.82. The molecule has 0 saturated carbocycles. The molecule has 1 aliphatic heterocycles. The highest BCUT2D eigenvalue weighted by Gasteiger charge is 2.65. The van der Waals surface area contributed by atoms with Crippen LogP contribution in [0.4, 0.5) is 19.1 Å². The van der Waals surface area contributed by atoms with Crippen LogP contribution in [0, 0.1) is 0 Å². The molecule has 7 nitrogen and oxygen atoms in total. The Balaban J connectivity index is 2.37. The smallest absolute Gasteiger partial charge is 0.435 e. The number of halogens is 3. The summed E-state index contributed by atoms with van der Waals surface area (Å²) in [5, 5.41) is 4.24. The van der Waals surface area contributed by atoms with Gasteiger partial charge in [0.15, 0.2) is 11.5 Å². The summed E-state index contributed by atoms with van der Waals surface area (Å²) < 4.78 is 52.0. The molecule has 3 rings (SSSR count). The number of imidazole rings is 1. The molecule has 0 spiro atoms. The second-order valence-corrected chi connectivity index (χ2v) is 4.88. The molecular weight excluding hydrogens is 317 g/mol. The van der Waals surface area contributed by atoms with E-state index in [1.807, 2.05) is 0 Å². The Morgan fingerprint density at radius 3 is 2.39 bits per heavy atom. The van der Waals surface area contributed by atoms with Crippen LogP contribution in [0.3, 0.4) is 0 Å². The molecule has 1 aromatic heterocycles. The predicted octanol–water partition coefficient (Wildman–Crippen LogP) is 1.44. The summed E-state index contributed by atoms with van der Waals surface area (Å²) in [6.45, 7) is 0. The number of likely N-dealkylation sites (N-methyl/N-ethyl adjacent to an activating group) is 1. The molecule has 2 heterocycles. The van der Waals surface area contributed by atoms with Crippen LogP contribution in [-0.2, 0) is 10.5 Å². The fraction of sp³-hybridized carbons (Fsp3) is 0.385. The number of nitrogens with zero attached hydrogens (tertiary/aromatic N) is 2. The van der Waals surface area contributed by atoms with Gasteiger partial charge in [0.2, 0.25) is 5.95 Å². The quantitative estimate of drug-likeness (QED) is 0.890. The molecule has 0 bridgehead atoms. The molecule has 1 atom stereocenters. The maximum Gasteiger partial charge on any atom is 0.435 e. The SMILES string of the molecule is CNC1(C(F)(F)F)C(=O)Nc2nc3cc(OC)c(OC)cc3n21. The van der Waals surface area contributed by atoms with Crippen molar-refractivity contribution in [3.8, 4) is 11.5 Å². The maximum atomic E-state index is 13.7. The molecule has 0 radical (unpaired) electrons. The zero-order valence-electron chi connectivity index (χ0n) is 12.4. The topological polar surface area (TPSA) is 77.4 Å². The number of anilines is 1. The Morgan fingerprint density at radius 2 is 1.87 bits per heavy atom. The average Bonchev–Trinajstić information content (AvgIpc) is 2.97. The van der Waals surface area contributed by atoms with Crippen LogP contribution in [0.2, 0.25) is 0 Å². The number of ether oxygens (including phenoxy) is 2. The van der Waals surface area contributed by atoms with Gasteiger partial charge in [0, 0.05) is 12.1 Å². The number of rotatable bonds is 3. The van der Waals surface area contributed by atoms with Crippen molar-refractivity contribution in [2.24, 2.45) is 0 Å². The first-order valence-electron chi connectivity index (χ1n) is 6.52. The van der Waals surface area contributed by atoms with Crippen molar-refractivity contribution in [3.05, 3.63) is 12.1 Å². The Hall–Kier alpha value is -2.49. The second kappa shape index (κ2) is 4.75. The number of benzene rings is 1. The van der Waals surface area contributed by atoms with Crippen molar-refractivity contribution in [1.29, 1.82) is 0 Å². The number of carbonyl (C=O) groups is 1. The minimum atomic E-state index is -4.88. The Morgan fingerprint density at radius 1 is 1.26 bits per heavy atom. The number of alkyl halides is 3.